The molecule has 9 nitrogen and oxygen atoms in total. The lowest BCUT2D eigenvalue weighted by atomic mass is 9.81. The van der Waals surface area contributed by atoms with Crippen molar-refractivity contribution in [2.45, 2.75) is 32.6 Å². The van der Waals surface area contributed by atoms with Crippen molar-refractivity contribution in [1.29, 1.82) is 0 Å². The highest BCUT2D eigenvalue weighted by Crippen LogP contribution is 2.42. The minimum atomic E-state index is -0.423. The van der Waals surface area contributed by atoms with Crippen molar-refractivity contribution >= 4 is 34.6 Å². The molecule has 35 heavy (non-hydrogen) atoms. The van der Waals surface area contributed by atoms with Gasteiger partial charge in [0.2, 0.25) is 11.8 Å². The molecule has 0 bridgehead atoms. The summed E-state index contributed by atoms with van der Waals surface area (Å²) in [6, 6.07) is 12.6. The number of rotatable bonds is 6. The van der Waals surface area contributed by atoms with E-state index in [2.05, 4.69) is 4.90 Å². The Labute approximate surface area is 204 Å². The summed E-state index contributed by atoms with van der Waals surface area (Å²) in [6.07, 6.45) is 3.30. The molecule has 0 spiro atoms. The van der Waals surface area contributed by atoms with Gasteiger partial charge in [-0.1, -0.05) is 25.0 Å². The summed E-state index contributed by atoms with van der Waals surface area (Å²) in [4.78, 5) is 42.9. The van der Waals surface area contributed by atoms with E-state index in [0.717, 1.165) is 24.3 Å². The molecule has 1 aliphatic carbocycles. The van der Waals surface area contributed by atoms with Crippen molar-refractivity contribution in [3.63, 3.8) is 0 Å². The molecule has 2 aliphatic heterocycles. The number of para-hydroxylation sites is 2. The quantitative estimate of drug-likeness (QED) is 0.352. The Morgan fingerprint density at radius 2 is 1.51 bits per heavy atom. The van der Waals surface area contributed by atoms with E-state index < -0.39 is 4.92 Å². The number of imide groups is 1. The van der Waals surface area contributed by atoms with Crippen molar-refractivity contribution in [3.05, 3.63) is 52.6 Å². The van der Waals surface area contributed by atoms with Gasteiger partial charge in [0.25, 0.3) is 5.69 Å². The zero-order valence-corrected chi connectivity index (χ0v) is 19.9. The van der Waals surface area contributed by atoms with Crippen LogP contribution in [-0.2, 0) is 9.59 Å². The minimum Gasteiger partial charge on any atom is -0.492 e. The number of hydrogen-bond acceptors (Lipinski definition) is 7. The van der Waals surface area contributed by atoms with Crippen LogP contribution >= 0.6 is 0 Å². The number of amides is 2. The van der Waals surface area contributed by atoms with Crippen LogP contribution in [0.4, 0.5) is 22.7 Å². The molecule has 2 aromatic rings. The first-order valence-electron chi connectivity index (χ1n) is 12.4. The molecule has 1 saturated carbocycles. The van der Waals surface area contributed by atoms with Crippen LogP contribution < -0.4 is 19.4 Å². The van der Waals surface area contributed by atoms with E-state index in [1.54, 1.807) is 12.1 Å². The molecule has 0 aromatic heterocycles. The molecular formula is C26H30N4O5. The molecule has 2 heterocycles. The van der Waals surface area contributed by atoms with Crippen LogP contribution in [0, 0.1) is 22.0 Å². The number of piperazine rings is 1. The van der Waals surface area contributed by atoms with Crippen LogP contribution in [0.3, 0.4) is 0 Å². The number of carbonyl (C=O) groups excluding carboxylic acids is 2. The fourth-order valence-electron chi connectivity index (χ4n) is 5.67. The van der Waals surface area contributed by atoms with Crippen molar-refractivity contribution < 1.29 is 19.2 Å². The fourth-order valence-corrected chi connectivity index (χ4v) is 5.67. The highest BCUT2D eigenvalue weighted by Gasteiger charge is 2.49. The average molecular weight is 479 g/mol. The lowest BCUT2D eigenvalue weighted by molar-refractivity contribution is -0.384. The molecule has 3 fully saturated rings. The van der Waals surface area contributed by atoms with Gasteiger partial charge in [-0.3, -0.25) is 19.7 Å². The number of hydrogen-bond donors (Lipinski definition) is 0. The highest BCUT2D eigenvalue weighted by molar-refractivity contribution is 6.22. The standard InChI is InChI=1S/C26H30N4O5/c1-2-35-24-10-6-5-9-22(24)28-15-13-27(14-16-28)21-12-11-18(17-23(21)30(33)34)29-25(31)19-7-3-4-8-20(19)26(29)32/h5-6,9-12,17,19-20H,2-4,7-8,13-16H2,1H3/t19-,20-/m1/s1. The summed E-state index contributed by atoms with van der Waals surface area (Å²) >= 11 is 0. The summed E-state index contributed by atoms with van der Waals surface area (Å²) in [6.45, 7) is 5.12. The van der Waals surface area contributed by atoms with E-state index >= 15 is 0 Å². The Kier molecular flexibility index (Phi) is 6.32. The molecule has 2 amide bonds. The normalized spacial score (nSPS) is 22.4. The SMILES string of the molecule is CCOc1ccccc1N1CCN(c2ccc(N3C(=O)[C@@H]4CCCC[C@H]4C3=O)cc2[N+](=O)[O-])CC1. The first kappa shape index (κ1) is 23.1. The second-order valence-electron chi connectivity index (χ2n) is 9.31. The van der Waals surface area contributed by atoms with Gasteiger partial charge in [0.15, 0.2) is 0 Å². The predicted molar refractivity (Wildman–Crippen MR) is 133 cm³/mol. The molecule has 0 radical (unpaired) electrons. The Bertz CT molecular complexity index is 1120. The van der Waals surface area contributed by atoms with E-state index in [1.165, 1.54) is 11.0 Å². The molecule has 2 saturated heterocycles. The number of nitro benzene ring substituents is 1. The van der Waals surface area contributed by atoms with E-state index in [0.29, 0.717) is 57.0 Å². The fraction of sp³-hybridized carbons (Fsp3) is 0.462. The van der Waals surface area contributed by atoms with E-state index in [4.69, 9.17) is 4.74 Å². The Morgan fingerprint density at radius 1 is 0.914 bits per heavy atom. The molecule has 9 heteroatoms. The highest BCUT2D eigenvalue weighted by atomic mass is 16.6. The third-order valence-corrected chi connectivity index (χ3v) is 7.38. The average Bonchev–Trinajstić information content (AvgIpc) is 3.14. The minimum absolute atomic E-state index is 0.0823. The van der Waals surface area contributed by atoms with Crippen molar-refractivity contribution in [3.8, 4) is 5.75 Å². The van der Waals surface area contributed by atoms with Crippen molar-refractivity contribution in [2.24, 2.45) is 11.8 Å². The first-order valence-corrected chi connectivity index (χ1v) is 12.4. The third-order valence-electron chi connectivity index (χ3n) is 7.38. The molecule has 0 N–H and O–H groups in total. The maximum atomic E-state index is 13.0. The molecule has 2 aromatic carbocycles. The van der Waals surface area contributed by atoms with Gasteiger partial charge in [0.05, 0.1) is 34.7 Å². The van der Waals surface area contributed by atoms with Gasteiger partial charge in [-0.15, -0.1) is 0 Å². The van der Waals surface area contributed by atoms with Crippen LogP contribution in [-0.4, -0.2) is 49.5 Å². The predicted octanol–water partition coefficient (Wildman–Crippen LogP) is 4.00. The second-order valence-corrected chi connectivity index (χ2v) is 9.31. The van der Waals surface area contributed by atoms with Crippen LogP contribution in [0.2, 0.25) is 0 Å². The monoisotopic (exact) mass is 478 g/mol. The summed E-state index contributed by atoms with van der Waals surface area (Å²) in [7, 11) is 0. The molecule has 3 aliphatic rings. The van der Waals surface area contributed by atoms with Crippen molar-refractivity contribution in [2.75, 3.05) is 47.5 Å². The second kappa shape index (κ2) is 9.56. The number of ether oxygens (including phenoxy) is 1. The summed E-state index contributed by atoms with van der Waals surface area (Å²) in [5.41, 5.74) is 1.75. The lowest BCUT2D eigenvalue weighted by Gasteiger charge is -2.37. The molecule has 184 valence electrons. The Hall–Kier alpha value is -3.62. The molecule has 5 rings (SSSR count). The van der Waals surface area contributed by atoms with Gasteiger partial charge in [-0.2, -0.15) is 0 Å². The number of fused-ring (bicyclic) bond motifs is 1. The first-order chi connectivity index (χ1) is 17.0. The van der Waals surface area contributed by atoms with Crippen LogP contribution in [0.25, 0.3) is 0 Å². The van der Waals surface area contributed by atoms with Crippen LogP contribution in [0.5, 0.6) is 5.75 Å². The smallest absolute Gasteiger partial charge is 0.294 e. The van der Waals surface area contributed by atoms with E-state index in [9.17, 15) is 19.7 Å². The molecule has 2 atom stereocenters. The maximum absolute atomic E-state index is 13.0. The summed E-state index contributed by atoms with van der Waals surface area (Å²) in [5, 5.41) is 12.0. The van der Waals surface area contributed by atoms with Crippen LogP contribution in [0.1, 0.15) is 32.6 Å². The molecule has 0 unspecified atom stereocenters. The van der Waals surface area contributed by atoms with Gasteiger partial charge in [0, 0.05) is 32.2 Å². The van der Waals surface area contributed by atoms with Gasteiger partial charge in [-0.05, 0) is 44.0 Å². The van der Waals surface area contributed by atoms with E-state index in [-0.39, 0.29) is 29.3 Å². The Morgan fingerprint density at radius 3 is 2.11 bits per heavy atom. The zero-order valence-electron chi connectivity index (χ0n) is 19.9. The number of carbonyl (C=O) groups is 2. The number of benzene rings is 2. The van der Waals surface area contributed by atoms with E-state index in [1.807, 2.05) is 36.1 Å². The largest absolute Gasteiger partial charge is 0.492 e. The third kappa shape index (κ3) is 4.19. The lowest BCUT2D eigenvalue weighted by Crippen LogP contribution is -2.46. The topological polar surface area (TPSA) is 96.2 Å². The molecular weight excluding hydrogens is 448 g/mol. The number of anilines is 3. The zero-order chi connectivity index (χ0) is 24.5. The summed E-state index contributed by atoms with van der Waals surface area (Å²) in [5.74, 6) is -0.184. The van der Waals surface area contributed by atoms with Gasteiger partial charge < -0.3 is 14.5 Å². The maximum Gasteiger partial charge on any atom is 0.294 e. The number of nitrogens with zero attached hydrogens (tertiary/aromatic N) is 4. The number of nitro groups is 1. The van der Waals surface area contributed by atoms with Crippen molar-refractivity contribution in [1.82, 2.24) is 0 Å². The van der Waals surface area contributed by atoms with Gasteiger partial charge in [-0.25, -0.2) is 4.90 Å². The Balaban J connectivity index is 1.36. The van der Waals surface area contributed by atoms with Gasteiger partial charge in [0.1, 0.15) is 11.4 Å². The van der Waals surface area contributed by atoms with Crippen LogP contribution in [0.15, 0.2) is 42.5 Å². The summed E-state index contributed by atoms with van der Waals surface area (Å²) < 4.78 is 5.76. The van der Waals surface area contributed by atoms with Gasteiger partial charge >= 0.3 is 0 Å².